The van der Waals surface area contributed by atoms with E-state index in [-0.39, 0.29) is 18.0 Å². The smallest absolute Gasteiger partial charge is 0.308 e. The van der Waals surface area contributed by atoms with E-state index in [2.05, 4.69) is 15.9 Å². The molecule has 6 heteroatoms. The summed E-state index contributed by atoms with van der Waals surface area (Å²) in [6, 6.07) is 3.95. The van der Waals surface area contributed by atoms with Gasteiger partial charge in [-0.1, -0.05) is 15.9 Å². The van der Waals surface area contributed by atoms with Crippen LogP contribution in [0.15, 0.2) is 22.7 Å². The van der Waals surface area contributed by atoms with Gasteiger partial charge in [-0.15, -0.1) is 0 Å². The van der Waals surface area contributed by atoms with Crippen molar-refractivity contribution >= 4 is 27.8 Å². The summed E-state index contributed by atoms with van der Waals surface area (Å²) in [6.07, 6.45) is 0.442. The Morgan fingerprint density at radius 1 is 1.39 bits per heavy atom. The number of amides is 1. The van der Waals surface area contributed by atoms with Gasteiger partial charge in [-0.2, -0.15) is 0 Å². The van der Waals surface area contributed by atoms with Gasteiger partial charge in [0, 0.05) is 23.1 Å². The summed E-state index contributed by atoms with van der Waals surface area (Å²) in [5, 5.41) is 8.87. The number of carbonyl (C=O) groups is 2. The molecule has 1 amide bonds. The van der Waals surface area contributed by atoms with Crippen LogP contribution in [-0.4, -0.2) is 35.0 Å². The minimum absolute atomic E-state index is 0.183. The molecule has 1 aliphatic rings. The van der Waals surface area contributed by atoms with E-state index in [1.165, 1.54) is 17.0 Å². The number of carboxylic acid groups (broad SMARTS) is 1. The molecule has 0 unspecified atom stereocenters. The van der Waals surface area contributed by atoms with E-state index in [4.69, 9.17) is 5.11 Å². The quantitative estimate of drug-likeness (QED) is 0.909. The van der Waals surface area contributed by atoms with Gasteiger partial charge in [0.1, 0.15) is 5.82 Å². The molecule has 1 aromatic rings. The molecule has 0 spiro atoms. The number of nitrogens with zero attached hydrogens (tertiary/aromatic N) is 1. The molecule has 0 radical (unpaired) electrons. The zero-order valence-corrected chi connectivity index (χ0v) is 11.0. The molecule has 0 aromatic heterocycles. The van der Waals surface area contributed by atoms with Crippen molar-refractivity contribution in [3.8, 4) is 0 Å². The fourth-order valence-corrected chi connectivity index (χ4v) is 2.47. The Labute approximate surface area is 112 Å². The van der Waals surface area contributed by atoms with Crippen molar-refractivity contribution in [2.75, 3.05) is 13.1 Å². The Morgan fingerprint density at radius 3 is 2.67 bits per heavy atom. The Kier molecular flexibility index (Phi) is 3.65. The number of benzene rings is 1. The highest BCUT2D eigenvalue weighted by atomic mass is 79.9. The number of carbonyl (C=O) groups excluding carboxylic acids is 1. The first kappa shape index (κ1) is 13.0. The Bertz CT molecular complexity index is 486. The number of aliphatic carboxylic acids is 1. The lowest BCUT2D eigenvalue weighted by atomic mass is 10.1. The fraction of sp³-hybridized carbons (Fsp3) is 0.333. The second kappa shape index (κ2) is 5.06. The zero-order chi connectivity index (χ0) is 13.3. The van der Waals surface area contributed by atoms with Crippen LogP contribution in [-0.2, 0) is 4.79 Å². The predicted molar refractivity (Wildman–Crippen MR) is 65.7 cm³/mol. The molecule has 1 heterocycles. The van der Waals surface area contributed by atoms with Crippen LogP contribution in [0.5, 0.6) is 0 Å². The molecule has 96 valence electrons. The summed E-state index contributed by atoms with van der Waals surface area (Å²) in [4.78, 5) is 24.3. The molecule has 1 atom stereocenters. The number of hydrogen-bond donors (Lipinski definition) is 1. The van der Waals surface area contributed by atoms with Gasteiger partial charge in [-0.05, 0) is 24.6 Å². The molecule has 0 saturated carbocycles. The van der Waals surface area contributed by atoms with Crippen molar-refractivity contribution in [1.82, 2.24) is 4.90 Å². The molecule has 1 fully saturated rings. The third-order valence-electron chi connectivity index (χ3n) is 2.93. The first-order chi connectivity index (χ1) is 8.47. The third-order valence-corrected chi connectivity index (χ3v) is 3.39. The first-order valence-electron chi connectivity index (χ1n) is 5.45. The summed E-state index contributed by atoms with van der Waals surface area (Å²) in [5.41, 5.74) is 0.230. The van der Waals surface area contributed by atoms with Gasteiger partial charge < -0.3 is 10.0 Å². The first-order valence-corrected chi connectivity index (χ1v) is 6.25. The minimum atomic E-state index is -0.897. The Hall–Kier alpha value is -1.43. The summed E-state index contributed by atoms with van der Waals surface area (Å²) in [6.45, 7) is 0.576. The lowest BCUT2D eigenvalue weighted by Gasteiger charge is -2.16. The molecule has 1 saturated heterocycles. The van der Waals surface area contributed by atoms with Crippen LogP contribution < -0.4 is 0 Å². The molecule has 1 aliphatic heterocycles. The molecule has 4 nitrogen and oxygen atoms in total. The maximum atomic E-state index is 13.2. The number of rotatable bonds is 2. The molecule has 2 rings (SSSR count). The SMILES string of the molecule is O=C(O)[C@@H]1CCN(C(=O)c2cc(F)cc(Br)c2)C1. The van der Waals surface area contributed by atoms with E-state index < -0.39 is 17.7 Å². The van der Waals surface area contributed by atoms with Crippen molar-refractivity contribution in [1.29, 1.82) is 0 Å². The Morgan fingerprint density at radius 2 is 2.11 bits per heavy atom. The van der Waals surface area contributed by atoms with Crippen LogP contribution in [0.4, 0.5) is 4.39 Å². The van der Waals surface area contributed by atoms with Crippen LogP contribution in [0.3, 0.4) is 0 Å². The van der Waals surface area contributed by atoms with E-state index >= 15 is 0 Å². The lowest BCUT2D eigenvalue weighted by molar-refractivity contribution is -0.141. The van der Waals surface area contributed by atoms with E-state index in [0.29, 0.717) is 17.4 Å². The van der Waals surface area contributed by atoms with E-state index in [0.717, 1.165) is 6.07 Å². The van der Waals surface area contributed by atoms with Crippen molar-refractivity contribution < 1.29 is 19.1 Å². The Balaban J connectivity index is 2.15. The maximum Gasteiger partial charge on any atom is 0.308 e. The monoisotopic (exact) mass is 315 g/mol. The second-order valence-electron chi connectivity index (χ2n) is 4.23. The van der Waals surface area contributed by atoms with Crippen LogP contribution >= 0.6 is 15.9 Å². The summed E-state index contributed by atoms with van der Waals surface area (Å²) >= 11 is 3.12. The highest BCUT2D eigenvalue weighted by molar-refractivity contribution is 9.10. The second-order valence-corrected chi connectivity index (χ2v) is 5.15. The predicted octanol–water partition coefficient (Wildman–Crippen LogP) is 2.13. The van der Waals surface area contributed by atoms with Gasteiger partial charge in [-0.25, -0.2) is 4.39 Å². The van der Waals surface area contributed by atoms with Crippen LogP contribution in [0.2, 0.25) is 0 Å². The molecule has 18 heavy (non-hydrogen) atoms. The summed E-state index contributed by atoms with van der Waals surface area (Å²) in [5.74, 6) is -2.25. The van der Waals surface area contributed by atoms with Crippen molar-refractivity contribution in [2.24, 2.45) is 5.92 Å². The molecular weight excluding hydrogens is 305 g/mol. The highest BCUT2D eigenvalue weighted by Gasteiger charge is 2.31. The van der Waals surface area contributed by atoms with Crippen molar-refractivity contribution in [3.63, 3.8) is 0 Å². The van der Waals surface area contributed by atoms with Crippen LogP contribution in [0.1, 0.15) is 16.8 Å². The number of likely N-dealkylation sites (tertiary alicyclic amines) is 1. The third kappa shape index (κ3) is 2.69. The van der Waals surface area contributed by atoms with E-state index in [9.17, 15) is 14.0 Å². The molecule has 1 aromatic carbocycles. The normalized spacial score (nSPS) is 19.0. The van der Waals surface area contributed by atoms with Crippen molar-refractivity contribution in [3.05, 3.63) is 34.1 Å². The minimum Gasteiger partial charge on any atom is -0.481 e. The maximum absolute atomic E-state index is 13.2. The summed E-state index contributed by atoms with van der Waals surface area (Å²) < 4.78 is 13.7. The topological polar surface area (TPSA) is 57.6 Å². The van der Waals surface area contributed by atoms with Gasteiger partial charge in [0.15, 0.2) is 0 Å². The van der Waals surface area contributed by atoms with E-state index in [1.54, 1.807) is 0 Å². The average Bonchev–Trinajstić information content (AvgIpc) is 2.75. The van der Waals surface area contributed by atoms with Gasteiger partial charge in [0.25, 0.3) is 5.91 Å². The van der Waals surface area contributed by atoms with Crippen LogP contribution in [0, 0.1) is 11.7 Å². The standard InChI is InChI=1S/C12H11BrFNO3/c13-9-3-8(4-10(14)5-9)11(16)15-2-1-7(6-15)12(17)18/h3-5,7H,1-2,6H2,(H,17,18)/t7-/m1/s1. The number of halogens is 2. The van der Waals surface area contributed by atoms with Gasteiger partial charge in [0.05, 0.1) is 5.92 Å². The van der Waals surface area contributed by atoms with Gasteiger partial charge in [-0.3, -0.25) is 9.59 Å². The zero-order valence-electron chi connectivity index (χ0n) is 9.40. The fourth-order valence-electron chi connectivity index (χ4n) is 2.01. The molecule has 0 bridgehead atoms. The van der Waals surface area contributed by atoms with Gasteiger partial charge >= 0.3 is 5.97 Å². The van der Waals surface area contributed by atoms with Crippen molar-refractivity contribution in [2.45, 2.75) is 6.42 Å². The molecule has 1 N–H and O–H groups in total. The number of carboxylic acids is 1. The van der Waals surface area contributed by atoms with Crippen LogP contribution in [0.25, 0.3) is 0 Å². The number of hydrogen-bond acceptors (Lipinski definition) is 2. The molecule has 0 aliphatic carbocycles. The lowest BCUT2D eigenvalue weighted by Crippen LogP contribution is -2.30. The summed E-state index contributed by atoms with van der Waals surface area (Å²) in [7, 11) is 0. The largest absolute Gasteiger partial charge is 0.481 e. The van der Waals surface area contributed by atoms with Gasteiger partial charge in [0.2, 0.25) is 0 Å². The average molecular weight is 316 g/mol. The highest BCUT2D eigenvalue weighted by Crippen LogP contribution is 2.21. The molecular formula is C12H11BrFNO3. The van der Waals surface area contributed by atoms with E-state index in [1.807, 2.05) is 0 Å².